The molecule has 0 aliphatic rings. The van der Waals surface area contributed by atoms with Gasteiger partial charge in [-0.3, -0.25) is 4.99 Å². The molecule has 3 N–H and O–H groups in total. The fourth-order valence-corrected chi connectivity index (χ4v) is 2.63. The van der Waals surface area contributed by atoms with E-state index in [1.54, 1.807) is 14.2 Å². The average Bonchev–Trinajstić information content (AvgIpc) is 2.75. The van der Waals surface area contributed by atoms with Crippen LogP contribution >= 0.6 is 0 Å². The van der Waals surface area contributed by atoms with E-state index in [0.717, 1.165) is 43.8 Å². The lowest BCUT2D eigenvalue weighted by Crippen LogP contribution is -2.40. The summed E-state index contributed by atoms with van der Waals surface area (Å²) in [7, 11) is 3.31. The molecule has 30 heavy (non-hydrogen) atoms. The van der Waals surface area contributed by atoms with Crippen LogP contribution in [0.1, 0.15) is 24.1 Å². The number of anilines is 1. The summed E-state index contributed by atoms with van der Waals surface area (Å²) in [5.41, 5.74) is 0.293. The van der Waals surface area contributed by atoms with Crippen LogP contribution in [-0.2, 0) is 12.6 Å². The third-order valence-corrected chi connectivity index (χ3v) is 4.21. The highest BCUT2D eigenvalue weighted by molar-refractivity contribution is 5.79. The molecular formula is C20H27F3N6O. The average molecular weight is 424 g/mol. The Labute approximate surface area is 174 Å². The Kier molecular flexibility index (Phi) is 9.17. The van der Waals surface area contributed by atoms with Gasteiger partial charge in [-0.05, 0) is 43.0 Å². The predicted octanol–water partition coefficient (Wildman–Crippen LogP) is 3.10. The minimum atomic E-state index is -4.49. The molecule has 0 unspecified atom stereocenters. The first-order chi connectivity index (χ1) is 14.4. The molecule has 0 saturated carbocycles. The molecule has 0 fully saturated rings. The van der Waals surface area contributed by atoms with E-state index in [1.807, 2.05) is 12.1 Å². The Bertz CT molecular complexity index is 796. The zero-order valence-corrected chi connectivity index (χ0v) is 17.1. The van der Waals surface area contributed by atoms with E-state index < -0.39 is 11.9 Å². The first-order valence-electron chi connectivity index (χ1n) is 9.64. The number of nitrogens with zero attached hydrogens (tertiary/aromatic N) is 3. The van der Waals surface area contributed by atoms with E-state index in [4.69, 9.17) is 4.74 Å². The molecule has 0 bridgehead atoms. The van der Waals surface area contributed by atoms with Crippen molar-refractivity contribution in [3.8, 4) is 5.75 Å². The molecule has 0 radical (unpaired) electrons. The van der Waals surface area contributed by atoms with Crippen LogP contribution in [0, 0.1) is 0 Å². The Morgan fingerprint density at radius 1 is 1.03 bits per heavy atom. The van der Waals surface area contributed by atoms with Crippen molar-refractivity contribution >= 4 is 11.9 Å². The Morgan fingerprint density at radius 2 is 1.77 bits per heavy atom. The molecule has 0 aliphatic carbocycles. The van der Waals surface area contributed by atoms with Crippen LogP contribution in [0.3, 0.4) is 0 Å². The van der Waals surface area contributed by atoms with Crippen LogP contribution in [0.4, 0.5) is 19.1 Å². The van der Waals surface area contributed by atoms with Crippen molar-refractivity contribution in [2.75, 3.05) is 39.1 Å². The number of halogens is 3. The second-order valence-electron chi connectivity index (χ2n) is 6.42. The van der Waals surface area contributed by atoms with Gasteiger partial charge in [0.25, 0.3) is 0 Å². The van der Waals surface area contributed by atoms with Crippen LogP contribution in [0.25, 0.3) is 0 Å². The van der Waals surface area contributed by atoms with Gasteiger partial charge in [-0.15, -0.1) is 0 Å². The molecule has 2 rings (SSSR count). The van der Waals surface area contributed by atoms with Gasteiger partial charge >= 0.3 is 6.18 Å². The maximum Gasteiger partial charge on any atom is 0.433 e. The molecule has 1 heterocycles. The first kappa shape index (κ1) is 23.2. The van der Waals surface area contributed by atoms with E-state index in [0.29, 0.717) is 19.0 Å². The lowest BCUT2D eigenvalue weighted by atomic mass is 10.1. The molecule has 10 heteroatoms. The van der Waals surface area contributed by atoms with E-state index >= 15 is 0 Å². The molecule has 164 valence electrons. The molecule has 7 nitrogen and oxygen atoms in total. The molecule has 0 atom stereocenters. The molecule has 0 amide bonds. The lowest BCUT2D eigenvalue weighted by Gasteiger charge is -2.13. The summed E-state index contributed by atoms with van der Waals surface area (Å²) in [6, 6.07) is 8.88. The summed E-state index contributed by atoms with van der Waals surface area (Å²) in [6.07, 6.45) is -0.415. The van der Waals surface area contributed by atoms with Gasteiger partial charge in [0.05, 0.1) is 7.11 Å². The standard InChI is InChI=1S/C20H27F3N6O/c1-24-18(25-11-4-3-5-15-6-8-16(30-2)9-7-15)27-13-14-28-19-26-12-10-17(29-19)20(21,22)23/h6-10,12H,3-5,11,13-14H2,1-2H3,(H2,24,25,27)(H,26,28,29). The zero-order chi connectivity index (χ0) is 21.8. The predicted molar refractivity (Wildman–Crippen MR) is 111 cm³/mol. The fourth-order valence-electron chi connectivity index (χ4n) is 2.63. The molecule has 0 saturated heterocycles. The topological polar surface area (TPSA) is 83.5 Å². The maximum atomic E-state index is 12.6. The number of rotatable bonds is 10. The summed E-state index contributed by atoms with van der Waals surface area (Å²) in [5.74, 6) is 1.42. The van der Waals surface area contributed by atoms with Crippen LogP contribution in [0.5, 0.6) is 5.75 Å². The van der Waals surface area contributed by atoms with Gasteiger partial charge in [-0.1, -0.05) is 12.1 Å². The highest BCUT2D eigenvalue weighted by Gasteiger charge is 2.32. The fraction of sp³-hybridized carbons (Fsp3) is 0.450. The number of nitrogens with one attached hydrogen (secondary N) is 3. The number of aliphatic imine (C=N–C) groups is 1. The molecule has 0 spiro atoms. The molecule has 2 aromatic rings. The number of benzene rings is 1. The maximum absolute atomic E-state index is 12.6. The second kappa shape index (κ2) is 11.8. The van der Waals surface area contributed by atoms with Crippen LogP contribution in [-0.4, -0.2) is 49.7 Å². The normalized spacial score (nSPS) is 11.8. The Balaban J connectivity index is 1.60. The summed E-state index contributed by atoms with van der Waals surface area (Å²) < 4.78 is 43.1. The molecule has 1 aromatic heterocycles. The third-order valence-electron chi connectivity index (χ3n) is 4.21. The van der Waals surface area contributed by atoms with Gasteiger partial charge < -0.3 is 20.7 Å². The number of aromatic nitrogens is 2. The third kappa shape index (κ3) is 8.14. The van der Waals surface area contributed by atoms with Crippen LogP contribution in [0.2, 0.25) is 0 Å². The van der Waals surface area contributed by atoms with Crippen molar-refractivity contribution < 1.29 is 17.9 Å². The van der Waals surface area contributed by atoms with E-state index in [2.05, 4.69) is 43.0 Å². The first-order valence-corrected chi connectivity index (χ1v) is 9.64. The van der Waals surface area contributed by atoms with Crippen LogP contribution < -0.4 is 20.7 Å². The SMILES string of the molecule is CN=C(NCCCCc1ccc(OC)cc1)NCCNc1nccc(C(F)(F)F)n1. The van der Waals surface area contributed by atoms with Crippen molar-refractivity contribution in [2.24, 2.45) is 4.99 Å². The van der Waals surface area contributed by atoms with Gasteiger partial charge in [0.1, 0.15) is 11.4 Å². The van der Waals surface area contributed by atoms with Crippen molar-refractivity contribution in [3.63, 3.8) is 0 Å². The number of alkyl halides is 3. The molecule has 0 aliphatic heterocycles. The van der Waals surface area contributed by atoms with Gasteiger partial charge in [-0.2, -0.15) is 13.2 Å². The van der Waals surface area contributed by atoms with Crippen LogP contribution in [0.15, 0.2) is 41.5 Å². The van der Waals surface area contributed by atoms with Crippen molar-refractivity contribution in [2.45, 2.75) is 25.4 Å². The van der Waals surface area contributed by atoms with Gasteiger partial charge in [0.15, 0.2) is 5.96 Å². The Hall–Kier alpha value is -3.04. The monoisotopic (exact) mass is 424 g/mol. The zero-order valence-electron chi connectivity index (χ0n) is 17.1. The number of guanidine groups is 1. The molecular weight excluding hydrogens is 397 g/mol. The number of hydrogen-bond acceptors (Lipinski definition) is 5. The van der Waals surface area contributed by atoms with Gasteiger partial charge in [0, 0.05) is 32.9 Å². The number of unbranched alkanes of at least 4 members (excludes halogenated alkanes) is 1. The highest BCUT2D eigenvalue weighted by Crippen LogP contribution is 2.27. The second-order valence-corrected chi connectivity index (χ2v) is 6.42. The minimum absolute atomic E-state index is 0.0619. The van der Waals surface area contributed by atoms with E-state index in [9.17, 15) is 13.2 Å². The quantitative estimate of drug-likeness (QED) is 0.309. The number of methoxy groups -OCH3 is 1. The van der Waals surface area contributed by atoms with Crippen molar-refractivity contribution in [1.82, 2.24) is 20.6 Å². The van der Waals surface area contributed by atoms with E-state index in [-0.39, 0.29) is 5.95 Å². The van der Waals surface area contributed by atoms with Gasteiger partial charge in [0.2, 0.25) is 5.95 Å². The summed E-state index contributed by atoms with van der Waals surface area (Å²) in [5, 5.41) is 9.07. The number of hydrogen-bond donors (Lipinski definition) is 3. The summed E-state index contributed by atoms with van der Waals surface area (Å²) >= 11 is 0. The Morgan fingerprint density at radius 3 is 2.43 bits per heavy atom. The molecule has 1 aromatic carbocycles. The summed E-state index contributed by atoms with van der Waals surface area (Å²) in [6.45, 7) is 1.56. The highest BCUT2D eigenvalue weighted by atomic mass is 19.4. The van der Waals surface area contributed by atoms with Gasteiger partial charge in [-0.25, -0.2) is 9.97 Å². The smallest absolute Gasteiger partial charge is 0.433 e. The van der Waals surface area contributed by atoms with Crippen molar-refractivity contribution in [3.05, 3.63) is 47.8 Å². The van der Waals surface area contributed by atoms with Crippen molar-refractivity contribution in [1.29, 1.82) is 0 Å². The summed E-state index contributed by atoms with van der Waals surface area (Å²) in [4.78, 5) is 11.4. The largest absolute Gasteiger partial charge is 0.497 e. The number of aryl methyl sites for hydroxylation is 1. The number of ether oxygens (including phenoxy) is 1. The van der Waals surface area contributed by atoms with E-state index in [1.165, 1.54) is 5.56 Å². The minimum Gasteiger partial charge on any atom is -0.497 e. The lowest BCUT2D eigenvalue weighted by molar-refractivity contribution is -0.141.